The zero-order chi connectivity index (χ0) is 19.6. The van der Waals surface area contributed by atoms with Crippen LogP contribution in [0.5, 0.6) is 0 Å². The molecule has 1 fully saturated rings. The Hall–Kier alpha value is -2.99. The first-order chi connectivity index (χ1) is 13.6. The van der Waals surface area contributed by atoms with Gasteiger partial charge in [0.05, 0.1) is 11.1 Å². The fraction of sp³-hybridized carbons (Fsp3) is 0.318. The lowest BCUT2D eigenvalue weighted by atomic mass is 9.74. The van der Waals surface area contributed by atoms with Crippen molar-refractivity contribution in [2.45, 2.75) is 18.3 Å². The second-order valence-electron chi connectivity index (χ2n) is 7.28. The minimum Gasteiger partial charge on any atom is -0.381 e. The number of hydrogen-bond donors (Lipinski definition) is 1. The van der Waals surface area contributed by atoms with Gasteiger partial charge in [-0.15, -0.1) is 0 Å². The molecule has 1 N–H and O–H groups in total. The lowest BCUT2D eigenvalue weighted by molar-refractivity contribution is -0.121. The molecule has 144 valence electrons. The van der Waals surface area contributed by atoms with E-state index in [1.165, 1.54) is 5.56 Å². The average Bonchev–Trinajstić information content (AvgIpc) is 2.99. The lowest BCUT2D eigenvalue weighted by Crippen LogP contribution is -2.47. The quantitative estimate of drug-likeness (QED) is 0.809. The molecule has 0 atom stereocenters. The molecule has 0 spiro atoms. The van der Waals surface area contributed by atoms with E-state index < -0.39 is 11.8 Å². The van der Waals surface area contributed by atoms with Crippen molar-refractivity contribution in [1.29, 1.82) is 0 Å². The predicted molar refractivity (Wildman–Crippen MR) is 103 cm³/mol. The third kappa shape index (κ3) is 3.31. The number of nitrogens with zero attached hydrogens (tertiary/aromatic N) is 1. The van der Waals surface area contributed by atoms with Crippen molar-refractivity contribution in [3.8, 4) is 0 Å². The number of carbonyl (C=O) groups is 3. The summed E-state index contributed by atoms with van der Waals surface area (Å²) in [6.45, 7) is 1.46. The molecule has 4 rings (SSSR count). The molecule has 1 saturated heterocycles. The average molecular weight is 378 g/mol. The molecule has 2 aliphatic heterocycles. The zero-order valence-corrected chi connectivity index (χ0v) is 15.5. The second kappa shape index (κ2) is 7.56. The van der Waals surface area contributed by atoms with Gasteiger partial charge in [-0.1, -0.05) is 42.5 Å². The van der Waals surface area contributed by atoms with Gasteiger partial charge in [0.25, 0.3) is 11.8 Å². The van der Waals surface area contributed by atoms with E-state index in [1.807, 2.05) is 18.2 Å². The van der Waals surface area contributed by atoms with E-state index in [2.05, 4.69) is 17.4 Å². The molecule has 0 radical (unpaired) electrons. The van der Waals surface area contributed by atoms with Gasteiger partial charge in [-0.25, -0.2) is 0 Å². The Morgan fingerprint density at radius 3 is 2.11 bits per heavy atom. The minimum atomic E-state index is -0.417. The highest BCUT2D eigenvalue weighted by Gasteiger charge is 2.38. The van der Waals surface area contributed by atoms with Crippen molar-refractivity contribution in [3.63, 3.8) is 0 Å². The summed E-state index contributed by atoms with van der Waals surface area (Å²) in [6.07, 6.45) is 1.62. The summed E-state index contributed by atoms with van der Waals surface area (Å²) in [7, 11) is 0. The van der Waals surface area contributed by atoms with Crippen molar-refractivity contribution < 1.29 is 19.1 Å². The van der Waals surface area contributed by atoms with E-state index in [0.717, 1.165) is 17.7 Å². The minimum absolute atomic E-state index is 0.197. The maximum atomic E-state index is 12.6. The molecule has 2 aromatic carbocycles. The normalized spacial score (nSPS) is 18.1. The number of carbonyl (C=O) groups excluding carboxylic acids is 3. The number of fused-ring (bicyclic) bond motifs is 1. The highest BCUT2D eigenvalue weighted by molar-refractivity contribution is 6.22. The molecule has 0 saturated carbocycles. The standard InChI is InChI=1S/C22H22N2O4/c25-19(14-24-20(26)17-8-4-5-9-18(17)21(24)27)23-15-22(10-12-28-13-11-22)16-6-2-1-3-7-16/h1-9H,10-15H2,(H,23,25). The fourth-order valence-corrected chi connectivity index (χ4v) is 3.97. The van der Waals surface area contributed by atoms with Gasteiger partial charge in [0, 0.05) is 25.2 Å². The first-order valence-electron chi connectivity index (χ1n) is 9.46. The van der Waals surface area contributed by atoms with E-state index in [9.17, 15) is 14.4 Å². The van der Waals surface area contributed by atoms with Crippen LogP contribution in [-0.2, 0) is 14.9 Å². The summed E-state index contributed by atoms with van der Waals surface area (Å²) in [6, 6.07) is 16.7. The first-order valence-corrected chi connectivity index (χ1v) is 9.46. The zero-order valence-electron chi connectivity index (χ0n) is 15.5. The Balaban J connectivity index is 1.44. The van der Waals surface area contributed by atoms with Gasteiger partial charge in [0.2, 0.25) is 5.91 Å². The van der Waals surface area contributed by atoms with Crippen LogP contribution in [0.1, 0.15) is 39.1 Å². The van der Waals surface area contributed by atoms with Crippen LogP contribution in [0.4, 0.5) is 0 Å². The van der Waals surface area contributed by atoms with Crippen molar-refractivity contribution in [3.05, 3.63) is 71.3 Å². The summed E-state index contributed by atoms with van der Waals surface area (Å²) in [5, 5.41) is 2.95. The number of hydrogen-bond acceptors (Lipinski definition) is 4. The smallest absolute Gasteiger partial charge is 0.262 e. The third-order valence-electron chi connectivity index (χ3n) is 5.64. The van der Waals surface area contributed by atoms with E-state index in [4.69, 9.17) is 4.74 Å². The Kier molecular flexibility index (Phi) is 4.96. The largest absolute Gasteiger partial charge is 0.381 e. The maximum absolute atomic E-state index is 12.6. The van der Waals surface area contributed by atoms with Crippen molar-refractivity contribution in [2.24, 2.45) is 0 Å². The summed E-state index contributed by atoms with van der Waals surface area (Å²) >= 11 is 0. The summed E-state index contributed by atoms with van der Waals surface area (Å²) < 4.78 is 5.51. The van der Waals surface area contributed by atoms with Crippen LogP contribution >= 0.6 is 0 Å². The molecular weight excluding hydrogens is 356 g/mol. The SMILES string of the molecule is O=C(CN1C(=O)c2ccccc2C1=O)NCC1(c2ccccc2)CCOCC1. The Morgan fingerprint density at radius 2 is 1.50 bits per heavy atom. The van der Waals surface area contributed by atoms with E-state index in [-0.39, 0.29) is 17.9 Å². The van der Waals surface area contributed by atoms with Crippen LogP contribution in [0, 0.1) is 0 Å². The molecule has 3 amide bonds. The fourth-order valence-electron chi connectivity index (χ4n) is 3.97. The first kappa shape index (κ1) is 18.4. The molecular formula is C22H22N2O4. The van der Waals surface area contributed by atoms with Crippen LogP contribution in [0.3, 0.4) is 0 Å². The number of ether oxygens (including phenoxy) is 1. The molecule has 0 bridgehead atoms. The van der Waals surface area contributed by atoms with Gasteiger partial charge in [-0.2, -0.15) is 0 Å². The molecule has 6 heteroatoms. The van der Waals surface area contributed by atoms with E-state index in [0.29, 0.717) is 30.9 Å². The van der Waals surface area contributed by atoms with Crippen LogP contribution in [0.25, 0.3) is 0 Å². The topological polar surface area (TPSA) is 75.7 Å². The number of nitrogens with one attached hydrogen (secondary N) is 1. The highest BCUT2D eigenvalue weighted by Crippen LogP contribution is 2.34. The van der Waals surface area contributed by atoms with Crippen molar-refractivity contribution in [1.82, 2.24) is 10.2 Å². The number of amides is 3. The maximum Gasteiger partial charge on any atom is 0.262 e. The van der Waals surface area contributed by atoms with Gasteiger partial charge in [-0.3, -0.25) is 19.3 Å². The molecule has 0 aliphatic carbocycles. The summed E-state index contributed by atoms with van der Waals surface area (Å²) in [5.41, 5.74) is 1.67. The second-order valence-corrected chi connectivity index (χ2v) is 7.28. The number of rotatable bonds is 5. The van der Waals surface area contributed by atoms with Crippen LogP contribution < -0.4 is 5.32 Å². The summed E-state index contributed by atoms with van der Waals surface area (Å²) in [4.78, 5) is 38.5. The monoisotopic (exact) mass is 378 g/mol. The van der Waals surface area contributed by atoms with E-state index >= 15 is 0 Å². The predicted octanol–water partition coefficient (Wildman–Crippen LogP) is 2.15. The van der Waals surface area contributed by atoms with Gasteiger partial charge < -0.3 is 10.1 Å². The molecule has 6 nitrogen and oxygen atoms in total. The van der Waals surface area contributed by atoms with Crippen molar-refractivity contribution >= 4 is 17.7 Å². The van der Waals surface area contributed by atoms with Crippen molar-refractivity contribution in [2.75, 3.05) is 26.3 Å². The van der Waals surface area contributed by atoms with Gasteiger partial charge >= 0.3 is 0 Å². The van der Waals surface area contributed by atoms with Crippen LogP contribution in [0.2, 0.25) is 0 Å². The Labute approximate surface area is 163 Å². The number of imide groups is 1. The summed E-state index contributed by atoms with van der Waals surface area (Å²) in [5.74, 6) is -1.17. The molecule has 0 unspecified atom stereocenters. The molecule has 2 aliphatic rings. The third-order valence-corrected chi connectivity index (χ3v) is 5.64. The molecule has 0 aromatic heterocycles. The number of benzene rings is 2. The highest BCUT2D eigenvalue weighted by atomic mass is 16.5. The molecule has 2 aromatic rings. The van der Waals surface area contributed by atoms with E-state index in [1.54, 1.807) is 24.3 Å². The Bertz CT molecular complexity index is 869. The lowest BCUT2D eigenvalue weighted by Gasteiger charge is -2.38. The van der Waals surface area contributed by atoms with Crippen LogP contribution in [-0.4, -0.2) is 48.9 Å². The van der Waals surface area contributed by atoms with Gasteiger partial charge in [0.15, 0.2) is 0 Å². The molecule has 28 heavy (non-hydrogen) atoms. The molecule has 2 heterocycles. The Morgan fingerprint density at radius 1 is 0.929 bits per heavy atom. The van der Waals surface area contributed by atoms with Gasteiger partial charge in [0.1, 0.15) is 6.54 Å². The van der Waals surface area contributed by atoms with Gasteiger partial charge in [-0.05, 0) is 30.5 Å². The van der Waals surface area contributed by atoms with Crippen LogP contribution in [0.15, 0.2) is 54.6 Å².